The van der Waals surface area contributed by atoms with Gasteiger partial charge in [0.25, 0.3) is 0 Å². The summed E-state index contributed by atoms with van der Waals surface area (Å²) in [4.78, 5) is 25.2. The Morgan fingerprint density at radius 1 is 1.30 bits per heavy atom. The summed E-state index contributed by atoms with van der Waals surface area (Å²) in [6, 6.07) is -0.121. The molecule has 2 aliphatic rings. The fourth-order valence-corrected chi connectivity index (χ4v) is 3.38. The predicted molar refractivity (Wildman–Crippen MR) is 75.3 cm³/mol. The lowest BCUT2D eigenvalue weighted by Crippen LogP contribution is -2.54. The summed E-state index contributed by atoms with van der Waals surface area (Å²) in [5.74, 6) is -0.462. The van der Waals surface area contributed by atoms with Crippen LogP contribution < -0.4 is 11.1 Å². The SMILES string of the molecule is NCC1CCN(C(=O)NC2(CC(=O)O)CCCCC2)C1. The van der Waals surface area contributed by atoms with Gasteiger partial charge in [-0.05, 0) is 31.7 Å². The van der Waals surface area contributed by atoms with Crippen molar-refractivity contribution in [2.75, 3.05) is 19.6 Å². The third kappa shape index (κ3) is 3.62. The van der Waals surface area contributed by atoms with Crippen LogP contribution in [0.1, 0.15) is 44.9 Å². The van der Waals surface area contributed by atoms with Gasteiger partial charge in [-0.25, -0.2) is 4.79 Å². The Labute approximate surface area is 119 Å². The highest BCUT2D eigenvalue weighted by Crippen LogP contribution is 2.31. The smallest absolute Gasteiger partial charge is 0.317 e. The van der Waals surface area contributed by atoms with E-state index in [1.54, 1.807) is 4.90 Å². The van der Waals surface area contributed by atoms with E-state index >= 15 is 0 Å². The standard InChI is InChI=1S/C14H25N3O3/c15-9-11-4-7-17(10-11)13(20)16-14(8-12(18)19)5-2-1-3-6-14/h11H,1-10,15H2,(H,16,20)(H,18,19). The normalized spacial score (nSPS) is 25.4. The van der Waals surface area contributed by atoms with Crippen molar-refractivity contribution >= 4 is 12.0 Å². The highest BCUT2D eigenvalue weighted by molar-refractivity contribution is 5.77. The molecule has 6 heteroatoms. The number of urea groups is 1. The number of rotatable bonds is 4. The first-order valence-electron chi connectivity index (χ1n) is 7.54. The second-order valence-corrected chi connectivity index (χ2v) is 6.18. The van der Waals surface area contributed by atoms with Gasteiger partial charge in [-0.3, -0.25) is 4.79 Å². The van der Waals surface area contributed by atoms with Gasteiger partial charge in [-0.2, -0.15) is 0 Å². The van der Waals surface area contributed by atoms with Crippen LogP contribution in [-0.2, 0) is 4.79 Å². The van der Waals surface area contributed by atoms with Crippen LogP contribution in [0.2, 0.25) is 0 Å². The zero-order valence-electron chi connectivity index (χ0n) is 11.9. The van der Waals surface area contributed by atoms with E-state index in [0.29, 0.717) is 19.0 Å². The van der Waals surface area contributed by atoms with Crippen molar-refractivity contribution in [1.29, 1.82) is 0 Å². The second kappa shape index (κ2) is 6.43. The van der Waals surface area contributed by atoms with Gasteiger partial charge < -0.3 is 21.1 Å². The van der Waals surface area contributed by atoms with Gasteiger partial charge in [-0.15, -0.1) is 0 Å². The molecule has 0 aromatic heterocycles. The molecule has 0 spiro atoms. The number of nitrogens with one attached hydrogen (secondary N) is 1. The average Bonchev–Trinajstić information content (AvgIpc) is 2.87. The zero-order chi connectivity index (χ0) is 14.6. The molecule has 0 radical (unpaired) electrons. The third-order valence-electron chi connectivity index (χ3n) is 4.58. The van der Waals surface area contributed by atoms with Crippen molar-refractivity contribution in [3.8, 4) is 0 Å². The van der Waals surface area contributed by atoms with Crippen LogP contribution in [0.5, 0.6) is 0 Å². The fraction of sp³-hybridized carbons (Fsp3) is 0.857. The Morgan fingerprint density at radius 2 is 2.00 bits per heavy atom. The monoisotopic (exact) mass is 283 g/mol. The molecule has 1 aliphatic heterocycles. The highest BCUT2D eigenvalue weighted by Gasteiger charge is 2.37. The van der Waals surface area contributed by atoms with Crippen LogP contribution in [0.15, 0.2) is 0 Å². The zero-order valence-corrected chi connectivity index (χ0v) is 11.9. The summed E-state index contributed by atoms with van der Waals surface area (Å²) in [7, 11) is 0. The van der Waals surface area contributed by atoms with Crippen LogP contribution in [-0.4, -0.2) is 47.2 Å². The molecule has 2 amide bonds. The minimum Gasteiger partial charge on any atom is -0.481 e. The molecule has 0 aromatic rings. The maximum absolute atomic E-state index is 12.3. The molecule has 1 saturated carbocycles. The first kappa shape index (κ1) is 15.1. The summed E-state index contributed by atoms with van der Waals surface area (Å²) in [6.45, 7) is 2.01. The number of hydrogen-bond donors (Lipinski definition) is 3. The van der Waals surface area contributed by atoms with Gasteiger partial charge in [0.2, 0.25) is 0 Å². The number of carbonyl (C=O) groups is 2. The molecule has 1 atom stereocenters. The summed E-state index contributed by atoms with van der Waals surface area (Å²) in [6.07, 6.45) is 5.58. The lowest BCUT2D eigenvalue weighted by molar-refractivity contribution is -0.139. The molecule has 2 rings (SSSR count). The summed E-state index contributed by atoms with van der Waals surface area (Å²) in [5.41, 5.74) is 5.08. The molecule has 0 bridgehead atoms. The van der Waals surface area contributed by atoms with Crippen molar-refractivity contribution < 1.29 is 14.7 Å². The Hall–Kier alpha value is -1.30. The molecule has 6 nitrogen and oxygen atoms in total. The largest absolute Gasteiger partial charge is 0.481 e. The maximum Gasteiger partial charge on any atom is 0.317 e. The van der Waals surface area contributed by atoms with Crippen LogP contribution in [0.3, 0.4) is 0 Å². The minimum atomic E-state index is -0.839. The Bertz CT molecular complexity index is 367. The topological polar surface area (TPSA) is 95.7 Å². The van der Waals surface area contributed by atoms with Gasteiger partial charge in [0.1, 0.15) is 0 Å². The number of aliphatic carboxylic acids is 1. The molecule has 4 N–H and O–H groups in total. The van der Waals surface area contributed by atoms with E-state index in [2.05, 4.69) is 5.32 Å². The summed E-state index contributed by atoms with van der Waals surface area (Å²) >= 11 is 0. The Kier molecular flexibility index (Phi) is 4.86. The first-order valence-corrected chi connectivity index (χ1v) is 7.54. The second-order valence-electron chi connectivity index (χ2n) is 6.18. The van der Waals surface area contributed by atoms with E-state index in [1.807, 2.05) is 0 Å². The molecule has 114 valence electrons. The van der Waals surface area contributed by atoms with E-state index in [9.17, 15) is 9.59 Å². The van der Waals surface area contributed by atoms with E-state index in [4.69, 9.17) is 10.8 Å². The van der Waals surface area contributed by atoms with Crippen LogP contribution in [0.4, 0.5) is 4.79 Å². The Morgan fingerprint density at radius 3 is 2.55 bits per heavy atom. The fourth-order valence-electron chi connectivity index (χ4n) is 3.38. The lowest BCUT2D eigenvalue weighted by atomic mass is 9.79. The number of likely N-dealkylation sites (tertiary alicyclic amines) is 1. The first-order chi connectivity index (χ1) is 9.54. The van der Waals surface area contributed by atoms with Gasteiger partial charge in [0.05, 0.1) is 12.0 Å². The quantitative estimate of drug-likeness (QED) is 0.721. The molecule has 1 heterocycles. The molecule has 0 aromatic carbocycles. The number of carbonyl (C=O) groups excluding carboxylic acids is 1. The molecule has 1 saturated heterocycles. The number of hydrogen-bond acceptors (Lipinski definition) is 3. The van der Waals surface area contributed by atoms with E-state index in [-0.39, 0.29) is 12.5 Å². The maximum atomic E-state index is 12.3. The highest BCUT2D eigenvalue weighted by atomic mass is 16.4. The van der Waals surface area contributed by atoms with Crippen molar-refractivity contribution in [1.82, 2.24) is 10.2 Å². The summed E-state index contributed by atoms with van der Waals surface area (Å²) < 4.78 is 0. The number of amides is 2. The molecule has 1 unspecified atom stereocenters. The molecule has 20 heavy (non-hydrogen) atoms. The van der Waals surface area contributed by atoms with E-state index < -0.39 is 11.5 Å². The van der Waals surface area contributed by atoms with Gasteiger partial charge in [0.15, 0.2) is 0 Å². The summed E-state index contributed by atoms with van der Waals surface area (Å²) in [5, 5.41) is 12.1. The van der Waals surface area contributed by atoms with Crippen molar-refractivity contribution in [2.45, 2.75) is 50.5 Å². The number of carboxylic acids is 1. The van der Waals surface area contributed by atoms with Crippen molar-refractivity contribution in [3.05, 3.63) is 0 Å². The van der Waals surface area contributed by atoms with Gasteiger partial charge in [0, 0.05) is 13.1 Å². The number of carboxylic acid groups (broad SMARTS) is 1. The number of nitrogens with two attached hydrogens (primary N) is 1. The Balaban J connectivity index is 1.96. The van der Waals surface area contributed by atoms with Crippen LogP contribution >= 0.6 is 0 Å². The lowest BCUT2D eigenvalue weighted by Gasteiger charge is -2.38. The number of nitrogens with zero attached hydrogens (tertiary/aromatic N) is 1. The van der Waals surface area contributed by atoms with Crippen LogP contribution in [0, 0.1) is 5.92 Å². The average molecular weight is 283 g/mol. The van der Waals surface area contributed by atoms with Gasteiger partial charge >= 0.3 is 12.0 Å². The van der Waals surface area contributed by atoms with E-state index in [1.165, 1.54) is 0 Å². The third-order valence-corrected chi connectivity index (χ3v) is 4.58. The molecular formula is C14H25N3O3. The molecule has 2 fully saturated rings. The minimum absolute atomic E-state index is 0.0207. The molecule has 1 aliphatic carbocycles. The van der Waals surface area contributed by atoms with E-state index in [0.717, 1.165) is 45.1 Å². The van der Waals surface area contributed by atoms with Crippen molar-refractivity contribution in [2.24, 2.45) is 11.7 Å². The van der Waals surface area contributed by atoms with Crippen LogP contribution in [0.25, 0.3) is 0 Å². The molecular weight excluding hydrogens is 258 g/mol. The van der Waals surface area contributed by atoms with Gasteiger partial charge in [-0.1, -0.05) is 19.3 Å². The van der Waals surface area contributed by atoms with Crippen molar-refractivity contribution in [3.63, 3.8) is 0 Å². The predicted octanol–water partition coefficient (Wildman–Crippen LogP) is 1.15.